The van der Waals surface area contributed by atoms with Crippen LogP contribution in [0.25, 0.3) is 0 Å². The largest absolute Gasteiger partial charge is 0.490 e. The lowest BCUT2D eigenvalue weighted by molar-refractivity contribution is 0.311. The van der Waals surface area contributed by atoms with Crippen molar-refractivity contribution in [3.63, 3.8) is 0 Å². The summed E-state index contributed by atoms with van der Waals surface area (Å²) >= 11 is 1.02. The lowest BCUT2D eigenvalue weighted by Crippen LogP contribution is -2.29. The van der Waals surface area contributed by atoms with E-state index in [-0.39, 0.29) is 4.90 Å². The predicted molar refractivity (Wildman–Crippen MR) is 93.9 cm³/mol. The predicted octanol–water partition coefficient (Wildman–Crippen LogP) is 2.89. The van der Waals surface area contributed by atoms with Crippen LogP contribution in [-0.2, 0) is 10.0 Å². The molecule has 0 unspecified atom stereocenters. The molecule has 1 aliphatic heterocycles. The molecule has 0 saturated heterocycles. The molecule has 0 spiro atoms. The summed E-state index contributed by atoms with van der Waals surface area (Å²) in [6.45, 7) is 1.29. The van der Waals surface area contributed by atoms with Crippen LogP contribution in [0.2, 0.25) is 0 Å². The Hall–Kier alpha value is -2.37. The highest BCUT2D eigenvalue weighted by molar-refractivity contribution is 8.03. The van der Waals surface area contributed by atoms with Crippen LogP contribution < -0.4 is 14.4 Å². The van der Waals surface area contributed by atoms with Gasteiger partial charge in [0.1, 0.15) is 17.8 Å². The molecule has 0 fully saturated rings. The number of ether oxygens (including phenoxy) is 1. The van der Waals surface area contributed by atoms with Gasteiger partial charge in [0, 0.05) is 17.6 Å². The van der Waals surface area contributed by atoms with Crippen LogP contribution in [-0.4, -0.2) is 28.6 Å². The van der Waals surface area contributed by atoms with Crippen molar-refractivity contribution in [1.29, 1.82) is 5.26 Å². The van der Waals surface area contributed by atoms with E-state index in [2.05, 4.69) is 4.72 Å². The number of likely N-dealkylation sites (N-methyl/N-ethyl adjacent to an activating group) is 1. The second-order valence-corrected chi connectivity index (χ2v) is 7.76. The maximum Gasteiger partial charge on any atom is 0.261 e. The zero-order chi connectivity index (χ0) is 17.2. The third kappa shape index (κ3) is 3.42. The molecule has 0 saturated carbocycles. The summed E-state index contributed by atoms with van der Waals surface area (Å²) < 4.78 is 33.2. The number of sulfonamides is 1. The van der Waals surface area contributed by atoms with E-state index >= 15 is 0 Å². The number of thiocyanates is 1. The van der Waals surface area contributed by atoms with Gasteiger partial charge in [-0.3, -0.25) is 4.72 Å². The zero-order valence-corrected chi connectivity index (χ0v) is 14.5. The Kier molecular flexibility index (Phi) is 4.55. The number of anilines is 2. The van der Waals surface area contributed by atoms with Gasteiger partial charge in [0.15, 0.2) is 0 Å². The Balaban J connectivity index is 1.85. The number of thioether (sulfide) groups is 1. The summed E-state index contributed by atoms with van der Waals surface area (Å²) in [4.78, 5) is 2.90. The Labute approximate surface area is 145 Å². The van der Waals surface area contributed by atoms with Crippen molar-refractivity contribution in [1.82, 2.24) is 0 Å². The van der Waals surface area contributed by atoms with Crippen LogP contribution in [0.15, 0.2) is 52.3 Å². The number of nitrogens with one attached hydrogen (secondary N) is 1. The second-order valence-electron chi connectivity index (χ2n) is 5.22. The number of rotatable bonds is 4. The first-order chi connectivity index (χ1) is 11.5. The Bertz CT molecular complexity index is 890. The van der Waals surface area contributed by atoms with Crippen LogP contribution >= 0.6 is 11.8 Å². The van der Waals surface area contributed by atoms with Gasteiger partial charge in [0.25, 0.3) is 10.0 Å². The summed E-state index contributed by atoms with van der Waals surface area (Å²) in [5.41, 5.74) is 1.20. The fourth-order valence-electron chi connectivity index (χ4n) is 2.36. The smallest absolute Gasteiger partial charge is 0.261 e. The minimum Gasteiger partial charge on any atom is -0.490 e. The molecule has 124 valence electrons. The highest BCUT2D eigenvalue weighted by Crippen LogP contribution is 2.33. The zero-order valence-electron chi connectivity index (χ0n) is 12.9. The van der Waals surface area contributed by atoms with Crippen LogP contribution in [0.1, 0.15) is 0 Å². The number of nitrogens with zero attached hydrogens (tertiary/aromatic N) is 2. The summed E-state index contributed by atoms with van der Waals surface area (Å²) in [5.74, 6) is 0.681. The van der Waals surface area contributed by atoms with E-state index in [9.17, 15) is 8.42 Å². The van der Waals surface area contributed by atoms with E-state index in [0.717, 1.165) is 22.3 Å². The molecule has 3 rings (SSSR count). The van der Waals surface area contributed by atoms with Gasteiger partial charge in [-0.25, -0.2) is 8.42 Å². The highest BCUT2D eigenvalue weighted by Gasteiger charge is 2.20. The Morgan fingerprint density at radius 2 is 2.00 bits per heavy atom. The number of hydrogen-bond acceptors (Lipinski definition) is 6. The van der Waals surface area contributed by atoms with Gasteiger partial charge in [0.05, 0.1) is 17.1 Å². The maximum absolute atomic E-state index is 12.6. The van der Waals surface area contributed by atoms with E-state index in [1.54, 1.807) is 36.4 Å². The Morgan fingerprint density at radius 3 is 2.71 bits per heavy atom. The lowest BCUT2D eigenvalue weighted by atomic mass is 10.2. The molecule has 8 heteroatoms. The fraction of sp³-hybridized carbons (Fsp3) is 0.188. The summed E-state index contributed by atoms with van der Waals surface area (Å²) in [6, 6.07) is 11.5. The lowest BCUT2D eigenvalue weighted by Gasteiger charge is -2.28. The van der Waals surface area contributed by atoms with Crippen molar-refractivity contribution in [2.75, 3.05) is 29.8 Å². The first kappa shape index (κ1) is 16.5. The molecule has 1 N–H and O–H groups in total. The molecule has 0 atom stereocenters. The molecule has 0 aromatic heterocycles. The average molecular weight is 361 g/mol. The summed E-state index contributed by atoms with van der Waals surface area (Å²) in [5, 5.41) is 10.6. The van der Waals surface area contributed by atoms with Crippen LogP contribution in [0.4, 0.5) is 11.4 Å². The van der Waals surface area contributed by atoms with Crippen molar-refractivity contribution in [2.45, 2.75) is 9.79 Å². The third-order valence-corrected chi connectivity index (χ3v) is 5.58. The van der Waals surface area contributed by atoms with Crippen LogP contribution in [0, 0.1) is 10.7 Å². The van der Waals surface area contributed by atoms with Crippen LogP contribution in [0.3, 0.4) is 0 Å². The maximum atomic E-state index is 12.6. The SMILES string of the molecule is CN1CCOc2ccc(S(=O)(=O)Nc3ccc(SC#N)cc3)cc21. The van der Waals surface area contributed by atoms with Gasteiger partial charge in [-0.1, -0.05) is 0 Å². The first-order valence-corrected chi connectivity index (χ1v) is 9.46. The summed E-state index contributed by atoms with van der Waals surface area (Å²) in [7, 11) is -1.80. The first-order valence-electron chi connectivity index (χ1n) is 7.16. The van der Waals surface area contributed by atoms with E-state index in [4.69, 9.17) is 10.00 Å². The van der Waals surface area contributed by atoms with E-state index in [1.165, 1.54) is 6.07 Å². The minimum absolute atomic E-state index is 0.175. The molecule has 1 heterocycles. The van der Waals surface area contributed by atoms with E-state index in [0.29, 0.717) is 24.6 Å². The van der Waals surface area contributed by atoms with Crippen molar-refractivity contribution in [2.24, 2.45) is 0 Å². The van der Waals surface area contributed by atoms with Gasteiger partial charge in [-0.05, 0) is 54.2 Å². The molecule has 6 nitrogen and oxygen atoms in total. The summed E-state index contributed by atoms with van der Waals surface area (Å²) in [6.07, 6.45) is 0. The van der Waals surface area contributed by atoms with Gasteiger partial charge in [-0.15, -0.1) is 0 Å². The number of nitriles is 1. The molecule has 2 aromatic rings. The fourth-order valence-corrected chi connectivity index (χ4v) is 3.81. The van der Waals surface area contributed by atoms with Gasteiger partial charge >= 0.3 is 0 Å². The molecule has 24 heavy (non-hydrogen) atoms. The number of hydrogen-bond donors (Lipinski definition) is 1. The molecule has 2 aromatic carbocycles. The monoisotopic (exact) mass is 361 g/mol. The topological polar surface area (TPSA) is 82.4 Å². The van der Waals surface area contributed by atoms with Crippen molar-refractivity contribution in [3.05, 3.63) is 42.5 Å². The minimum atomic E-state index is -3.70. The van der Waals surface area contributed by atoms with Gasteiger partial charge in [0.2, 0.25) is 0 Å². The molecular formula is C16H15N3O3S2. The molecule has 0 amide bonds. The molecule has 0 aliphatic carbocycles. The standard InChI is InChI=1S/C16H15N3O3S2/c1-19-8-9-22-16-7-6-14(10-15(16)19)24(20,21)18-12-2-4-13(5-3-12)23-11-17/h2-7,10,18H,8-9H2,1H3. The van der Waals surface area contributed by atoms with Gasteiger partial charge in [-0.2, -0.15) is 5.26 Å². The Morgan fingerprint density at radius 1 is 1.25 bits per heavy atom. The number of fused-ring (bicyclic) bond motifs is 1. The van der Waals surface area contributed by atoms with Crippen molar-refractivity contribution < 1.29 is 13.2 Å². The normalized spacial score (nSPS) is 13.6. The molecule has 0 radical (unpaired) electrons. The highest BCUT2D eigenvalue weighted by atomic mass is 32.2. The number of benzene rings is 2. The quantitative estimate of drug-likeness (QED) is 0.666. The van der Waals surface area contributed by atoms with Crippen molar-refractivity contribution in [3.8, 4) is 11.2 Å². The van der Waals surface area contributed by atoms with E-state index in [1.807, 2.05) is 17.3 Å². The average Bonchev–Trinajstić information content (AvgIpc) is 2.57. The third-order valence-electron chi connectivity index (χ3n) is 3.61. The molecular weight excluding hydrogens is 346 g/mol. The van der Waals surface area contributed by atoms with Gasteiger partial charge < -0.3 is 9.64 Å². The molecule has 1 aliphatic rings. The second kappa shape index (κ2) is 6.63. The van der Waals surface area contributed by atoms with Crippen molar-refractivity contribution >= 4 is 33.2 Å². The molecule has 0 bridgehead atoms. The van der Waals surface area contributed by atoms with E-state index < -0.39 is 10.0 Å². The van der Waals surface area contributed by atoms with Crippen LogP contribution in [0.5, 0.6) is 5.75 Å².